The zero-order valence-corrected chi connectivity index (χ0v) is 22.3. The van der Waals surface area contributed by atoms with Gasteiger partial charge in [-0.15, -0.1) is 24.2 Å². The normalized spacial score (nSPS) is 10.9. The molecular formula is C25H34ClN3O2S2. The number of anilines is 1. The predicted octanol–water partition coefficient (Wildman–Crippen LogP) is 6.15. The number of carbonyl (C=O) groups is 1. The van der Waals surface area contributed by atoms with Crippen molar-refractivity contribution >= 4 is 56.8 Å². The fraction of sp³-hybridized carbons (Fsp3) is 0.440. The molecule has 3 aromatic rings. The summed E-state index contributed by atoms with van der Waals surface area (Å²) in [6.45, 7) is 3.79. The molecule has 0 unspecified atom stereocenters. The number of halogens is 1. The maximum Gasteiger partial charge on any atom is 0.228 e. The van der Waals surface area contributed by atoms with E-state index in [9.17, 15) is 4.79 Å². The minimum absolute atomic E-state index is 0. The Morgan fingerprint density at radius 2 is 1.85 bits per heavy atom. The minimum atomic E-state index is 0. The Morgan fingerprint density at radius 1 is 1.09 bits per heavy atom. The zero-order chi connectivity index (χ0) is 22.9. The molecule has 1 heterocycles. The van der Waals surface area contributed by atoms with E-state index in [4.69, 9.17) is 9.72 Å². The van der Waals surface area contributed by atoms with Crippen molar-refractivity contribution < 1.29 is 9.53 Å². The first kappa shape index (κ1) is 27.4. The molecule has 0 spiro atoms. The number of methoxy groups -OCH3 is 1. The molecule has 5 nitrogen and oxygen atoms in total. The molecule has 0 aliphatic rings. The van der Waals surface area contributed by atoms with Crippen LogP contribution in [-0.2, 0) is 11.2 Å². The molecule has 0 radical (unpaired) electrons. The first-order valence-corrected chi connectivity index (χ1v) is 12.9. The van der Waals surface area contributed by atoms with Crippen molar-refractivity contribution in [2.45, 2.75) is 37.5 Å². The number of benzene rings is 2. The molecule has 0 fully saturated rings. The van der Waals surface area contributed by atoms with Gasteiger partial charge in [0.15, 0.2) is 5.13 Å². The largest absolute Gasteiger partial charge is 0.497 e. The van der Waals surface area contributed by atoms with Crippen LogP contribution in [0.3, 0.4) is 0 Å². The van der Waals surface area contributed by atoms with Crippen molar-refractivity contribution in [3.8, 4) is 5.75 Å². The van der Waals surface area contributed by atoms with Crippen LogP contribution in [-0.4, -0.2) is 55.8 Å². The van der Waals surface area contributed by atoms with Crippen LogP contribution in [0.4, 0.5) is 5.13 Å². The Labute approximate surface area is 211 Å². The van der Waals surface area contributed by atoms with Crippen LogP contribution in [0.2, 0.25) is 0 Å². The lowest BCUT2D eigenvalue weighted by Crippen LogP contribution is -2.33. The third-order valence-electron chi connectivity index (χ3n) is 5.25. The second kappa shape index (κ2) is 13.8. The van der Waals surface area contributed by atoms with E-state index >= 15 is 0 Å². The van der Waals surface area contributed by atoms with Crippen molar-refractivity contribution in [2.75, 3.05) is 44.9 Å². The summed E-state index contributed by atoms with van der Waals surface area (Å²) in [5, 5.41) is 0.826. The Kier molecular flexibility index (Phi) is 11.5. The monoisotopic (exact) mass is 507 g/mol. The predicted molar refractivity (Wildman–Crippen MR) is 145 cm³/mol. The number of nitrogens with zero attached hydrogens (tertiary/aromatic N) is 3. The van der Waals surface area contributed by atoms with Gasteiger partial charge in [0.25, 0.3) is 0 Å². The minimum Gasteiger partial charge on any atom is -0.497 e. The van der Waals surface area contributed by atoms with Crippen molar-refractivity contribution in [1.29, 1.82) is 0 Å². The van der Waals surface area contributed by atoms with Crippen LogP contribution >= 0.6 is 35.5 Å². The van der Waals surface area contributed by atoms with E-state index in [0.29, 0.717) is 13.0 Å². The van der Waals surface area contributed by atoms with Crippen LogP contribution in [0.25, 0.3) is 10.2 Å². The first-order chi connectivity index (χ1) is 15.5. The average Bonchev–Trinajstić information content (AvgIpc) is 3.23. The lowest BCUT2D eigenvalue weighted by molar-refractivity contribution is -0.118. The third kappa shape index (κ3) is 7.88. The Bertz CT molecular complexity index is 1010. The van der Waals surface area contributed by atoms with Gasteiger partial charge >= 0.3 is 0 Å². The van der Waals surface area contributed by atoms with Crippen LogP contribution in [0.1, 0.15) is 31.7 Å². The summed E-state index contributed by atoms with van der Waals surface area (Å²) in [5.74, 6) is 1.93. The van der Waals surface area contributed by atoms with Gasteiger partial charge < -0.3 is 9.64 Å². The zero-order valence-electron chi connectivity index (χ0n) is 19.9. The number of aryl methyl sites for hydroxylation is 1. The molecule has 3 rings (SSSR count). The van der Waals surface area contributed by atoms with E-state index in [0.717, 1.165) is 52.7 Å². The third-order valence-corrected chi connectivity index (χ3v) is 7.40. The second-order valence-electron chi connectivity index (χ2n) is 7.94. The topological polar surface area (TPSA) is 45.7 Å². The van der Waals surface area contributed by atoms with Gasteiger partial charge in [-0.2, -0.15) is 0 Å². The summed E-state index contributed by atoms with van der Waals surface area (Å²) < 4.78 is 6.36. The molecule has 1 amide bonds. The molecule has 0 atom stereocenters. The van der Waals surface area contributed by atoms with E-state index < -0.39 is 0 Å². The van der Waals surface area contributed by atoms with Gasteiger partial charge in [0.05, 0.1) is 17.3 Å². The number of aromatic nitrogens is 1. The molecule has 8 heteroatoms. The maximum absolute atomic E-state index is 13.2. The smallest absolute Gasteiger partial charge is 0.228 e. The van der Waals surface area contributed by atoms with Gasteiger partial charge in [-0.25, -0.2) is 4.98 Å². The average molecular weight is 508 g/mol. The fourth-order valence-electron chi connectivity index (χ4n) is 3.49. The highest BCUT2D eigenvalue weighted by atomic mass is 35.5. The summed E-state index contributed by atoms with van der Waals surface area (Å²) in [5.41, 5.74) is 2.28. The van der Waals surface area contributed by atoms with Crippen molar-refractivity contribution in [2.24, 2.45) is 0 Å². The molecule has 0 saturated heterocycles. The SMILES string of the molecule is CCc1cccc2sc(N(CCCN(C)C)C(=O)CCCSc3ccc(OC)cc3)nc12.Cl. The fourth-order valence-corrected chi connectivity index (χ4v) is 5.40. The number of ether oxygens (including phenoxy) is 1. The lowest BCUT2D eigenvalue weighted by Gasteiger charge is -2.21. The quantitative estimate of drug-likeness (QED) is 0.217. The lowest BCUT2D eigenvalue weighted by atomic mass is 10.1. The Morgan fingerprint density at radius 3 is 2.52 bits per heavy atom. The standard InChI is InChI=1S/C25H33N3O2S2.ClH/c1-5-19-9-6-10-22-24(19)26-25(32-22)28(17-8-16-27(2)3)23(29)11-7-18-31-21-14-12-20(30-4)13-15-21;/h6,9-10,12-15H,5,7-8,11,16-18H2,1-4H3;1H. The number of rotatable bonds is 12. The number of fused-ring (bicyclic) bond motifs is 1. The highest BCUT2D eigenvalue weighted by Gasteiger charge is 2.20. The number of thiazole rings is 1. The molecule has 2 aromatic carbocycles. The van der Waals surface area contributed by atoms with Crippen LogP contribution in [0, 0.1) is 0 Å². The molecule has 180 valence electrons. The number of amides is 1. The van der Waals surface area contributed by atoms with Gasteiger partial charge in [-0.1, -0.05) is 30.4 Å². The molecule has 0 aliphatic carbocycles. The highest BCUT2D eigenvalue weighted by molar-refractivity contribution is 7.99. The van der Waals surface area contributed by atoms with Crippen molar-refractivity contribution in [3.05, 3.63) is 48.0 Å². The summed E-state index contributed by atoms with van der Waals surface area (Å²) in [4.78, 5) is 23.3. The van der Waals surface area contributed by atoms with E-state index in [1.165, 1.54) is 10.5 Å². The number of hydrogen-bond donors (Lipinski definition) is 0. The van der Waals surface area contributed by atoms with Gasteiger partial charge in [0.2, 0.25) is 5.91 Å². The van der Waals surface area contributed by atoms with Crippen molar-refractivity contribution in [3.63, 3.8) is 0 Å². The Balaban J connectivity index is 0.00000385. The highest BCUT2D eigenvalue weighted by Crippen LogP contribution is 2.32. The maximum atomic E-state index is 13.2. The van der Waals surface area contributed by atoms with E-state index in [1.807, 2.05) is 17.0 Å². The summed E-state index contributed by atoms with van der Waals surface area (Å²) in [6, 6.07) is 14.4. The molecule has 0 bridgehead atoms. The molecule has 0 aliphatic heterocycles. The number of para-hydroxylation sites is 1. The molecule has 1 aromatic heterocycles. The summed E-state index contributed by atoms with van der Waals surface area (Å²) in [7, 11) is 5.80. The van der Waals surface area contributed by atoms with Crippen LogP contribution < -0.4 is 9.64 Å². The second-order valence-corrected chi connectivity index (χ2v) is 10.1. The van der Waals surface area contributed by atoms with E-state index in [-0.39, 0.29) is 18.3 Å². The molecular weight excluding hydrogens is 474 g/mol. The van der Waals surface area contributed by atoms with Crippen LogP contribution in [0.5, 0.6) is 5.75 Å². The van der Waals surface area contributed by atoms with Gasteiger partial charge in [-0.05, 0) is 81.6 Å². The number of carbonyl (C=O) groups excluding carboxylic acids is 1. The number of thioether (sulfide) groups is 1. The number of hydrogen-bond acceptors (Lipinski definition) is 6. The van der Waals surface area contributed by atoms with Crippen molar-refractivity contribution in [1.82, 2.24) is 9.88 Å². The molecule has 33 heavy (non-hydrogen) atoms. The van der Waals surface area contributed by atoms with Crippen LogP contribution in [0.15, 0.2) is 47.4 Å². The molecule has 0 N–H and O–H groups in total. The van der Waals surface area contributed by atoms with E-state index in [1.54, 1.807) is 30.2 Å². The van der Waals surface area contributed by atoms with Gasteiger partial charge in [-0.3, -0.25) is 9.69 Å². The van der Waals surface area contributed by atoms with Gasteiger partial charge in [0, 0.05) is 17.9 Å². The molecule has 0 saturated carbocycles. The van der Waals surface area contributed by atoms with E-state index in [2.05, 4.69) is 56.3 Å². The summed E-state index contributed by atoms with van der Waals surface area (Å²) >= 11 is 3.40. The van der Waals surface area contributed by atoms with Gasteiger partial charge in [0.1, 0.15) is 5.75 Å². The first-order valence-electron chi connectivity index (χ1n) is 11.1. The Hall–Kier alpha value is -1.80. The summed E-state index contributed by atoms with van der Waals surface area (Å²) in [6.07, 6.45) is 3.24.